The lowest BCUT2D eigenvalue weighted by Gasteiger charge is -2.22. The van der Waals surface area contributed by atoms with Crippen molar-refractivity contribution in [1.82, 2.24) is 14.6 Å². The summed E-state index contributed by atoms with van der Waals surface area (Å²) in [5, 5.41) is 29.7. The fourth-order valence-corrected chi connectivity index (χ4v) is 6.93. The first kappa shape index (κ1) is 35.4. The molecule has 1 aliphatic carbocycles. The number of hydrogen-bond donors (Lipinski definition) is 4. The average molecular weight is 654 g/mol. The lowest BCUT2D eigenvalue weighted by atomic mass is 9.86. The third kappa shape index (κ3) is 8.86. The molecule has 1 aromatic heterocycles. The van der Waals surface area contributed by atoms with Gasteiger partial charge >= 0.3 is 5.97 Å². The number of halogens is 1. The number of nitrogens with one attached hydrogen (secondary N) is 1. The zero-order valence-corrected chi connectivity index (χ0v) is 27.6. The zero-order chi connectivity index (χ0) is 33.6. The molecule has 1 aliphatic rings. The second kappa shape index (κ2) is 15.4. The number of nitrogens with zero attached hydrogens (tertiary/aromatic N) is 2. The maximum Gasteiger partial charge on any atom is 0.305 e. The number of carboxylic acid groups (broad SMARTS) is 1. The van der Waals surface area contributed by atoms with Crippen LogP contribution in [0, 0.1) is 5.82 Å². The summed E-state index contributed by atoms with van der Waals surface area (Å²) in [5.41, 5.74) is 6.28. The SMILES string of the molecule is CC(C)c1nc2c(c(-c3ccc(F)cc3)c1C=C[C@@H](O)C[C@@H](O)CC(=O)O)CCCc1ccc(S(=O)(=O)NCCCN(C)C)cc1-2. The van der Waals surface area contributed by atoms with E-state index >= 15 is 0 Å². The maximum absolute atomic E-state index is 14.1. The first-order chi connectivity index (χ1) is 21.8. The second-order valence-corrected chi connectivity index (χ2v) is 14.2. The Labute approximate surface area is 270 Å². The summed E-state index contributed by atoms with van der Waals surface area (Å²) in [6.07, 6.45) is 3.09. The number of pyridine rings is 1. The number of aliphatic hydroxyl groups excluding tert-OH is 2. The molecule has 2 atom stereocenters. The van der Waals surface area contributed by atoms with Crippen molar-refractivity contribution in [3.8, 4) is 22.4 Å². The minimum atomic E-state index is -3.78. The molecule has 0 unspecified atom stereocenters. The molecular formula is C35H44FN3O6S. The minimum Gasteiger partial charge on any atom is -0.481 e. The van der Waals surface area contributed by atoms with Crippen molar-refractivity contribution < 1.29 is 32.9 Å². The predicted octanol–water partition coefficient (Wildman–Crippen LogP) is 5.00. The number of aliphatic hydroxyl groups is 2. The molecule has 9 nitrogen and oxygen atoms in total. The molecule has 4 N–H and O–H groups in total. The summed E-state index contributed by atoms with van der Waals surface area (Å²) >= 11 is 0. The van der Waals surface area contributed by atoms with Gasteiger partial charge in [0.2, 0.25) is 10.0 Å². The van der Waals surface area contributed by atoms with E-state index in [0.717, 1.165) is 46.3 Å². The van der Waals surface area contributed by atoms with E-state index in [0.29, 0.717) is 37.2 Å². The second-order valence-electron chi connectivity index (χ2n) is 12.4. The van der Waals surface area contributed by atoms with Crippen LogP contribution in [-0.2, 0) is 27.7 Å². The number of aliphatic carboxylic acids is 1. The minimum absolute atomic E-state index is 0.0872. The Morgan fingerprint density at radius 3 is 2.48 bits per heavy atom. The van der Waals surface area contributed by atoms with Gasteiger partial charge in [0, 0.05) is 24.1 Å². The highest BCUT2D eigenvalue weighted by Gasteiger charge is 2.27. The average Bonchev–Trinajstić information content (AvgIpc) is 3.16. The van der Waals surface area contributed by atoms with Crippen LogP contribution in [0.25, 0.3) is 28.5 Å². The zero-order valence-electron chi connectivity index (χ0n) is 26.8. The number of sulfonamides is 1. The lowest BCUT2D eigenvalue weighted by Crippen LogP contribution is -2.27. The van der Waals surface area contributed by atoms with Gasteiger partial charge in [0.15, 0.2) is 0 Å². The summed E-state index contributed by atoms with van der Waals surface area (Å²) in [7, 11) is 0.0977. The largest absolute Gasteiger partial charge is 0.481 e. The molecule has 3 aromatic rings. The van der Waals surface area contributed by atoms with Gasteiger partial charge in [-0.3, -0.25) is 9.78 Å². The Kier molecular flexibility index (Phi) is 11.8. The van der Waals surface area contributed by atoms with E-state index in [2.05, 4.69) is 4.72 Å². The molecule has 46 heavy (non-hydrogen) atoms. The summed E-state index contributed by atoms with van der Waals surface area (Å²) in [6.45, 7) is 5.05. The summed E-state index contributed by atoms with van der Waals surface area (Å²) < 4.78 is 43.5. The van der Waals surface area contributed by atoms with Gasteiger partial charge in [-0.1, -0.05) is 44.2 Å². The summed E-state index contributed by atoms with van der Waals surface area (Å²) in [5.74, 6) is -1.63. The number of rotatable bonds is 14. The van der Waals surface area contributed by atoms with Crippen molar-refractivity contribution in [3.05, 3.63) is 76.7 Å². The number of aryl methyl sites for hydroxylation is 1. The van der Waals surface area contributed by atoms with E-state index in [-0.39, 0.29) is 23.1 Å². The van der Waals surface area contributed by atoms with Crippen molar-refractivity contribution in [2.45, 2.75) is 75.4 Å². The lowest BCUT2D eigenvalue weighted by molar-refractivity contribution is -0.139. The molecule has 0 fully saturated rings. The van der Waals surface area contributed by atoms with Crippen molar-refractivity contribution in [3.63, 3.8) is 0 Å². The molecule has 0 amide bonds. The summed E-state index contributed by atoms with van der Waals surface area (Å²) in [6, 6.07) is 11.4. The molecular weight excluding hydrogens is 609 g/mol. The van der Waals surface area contributed by atoms with E-state index in [1.807, 2.05) is 38.9 Å². The summed E-state index contributed by atoms with van der Waals surface area (Å²) in [4.78, 5) is 18.3. The monoisotopic (exact) mass is 653 g/mol. The molecule has 0 saturated carbocycles. The Balaban J connectivity index is 1.87. The van der Waals surface area contributed by atoms with Gasteiger partial charge in [0.1, 0.15) is 5.82 Å². The Hall–Kier alpha value is -3.48. The highest BCUT2D eigenvalue weighted by atomic mass is 32.2. The van der Waals surface area contributed by atoms with E-state index < -0.39 is 34.6 Å². The fourth-order valence-electron chi connectivity index (χ4n) is 5.83. The Bertz CT molecular complexity index is 1670. The van der Waals surface area contributed by atoms with Crippen LogP contribution in [0.5, 0.6) is 0 Å². The van der Waals surface area contributed by atoms with Crippen LogP contribution in [0.2, 0.25) is 0 Å². The number of aromatic nitrogens is 1. The fraction of sp³-hybridized carbons (Fsp3) is 0.429. The van der Waals surface area contributed by atoms with Crippen molar-refractivity contribution >= 4 is 22.1 Å². The molecule has 11 heteroatoms. The molecule has 4 rings (SSSR count). The smallest absolute Gasteiger partial charge is 0.305 e. The van der Waals surface area contributed by atoms with Gasteiger partial charge in [0.25, 0.3) is 0 Å². The van der Waals surface area contributed by atoms with E-state index in [1.165, 1.54) is 18.2 Å². The molecule has 0 saturated heterocycles. The number of fused-ring (bicyclic) bond motifs is 3. The van der Waals surface area contributed by atoms with Crippen LogP contribution in [-0.4, -0.2) is 79.0 Å². The van der Waals surface area contributed by atoms with Gasteiger partial charge in [-0.15, -0.1) is 0 Å². The molecule has 0 radical (unpaired) electrons. The van der Waals surface area contributed by atoms with Gasteiger partial charge < -0.3 is 20.2 Å². The van der Waals surface area contributed by atoms with E-state index in [4.69, 9.17) is 10.1 Å². The van der Waals surface area contributed by atoms with Crippen LogP contribution >= 0.6 is 0 Å². The number of hydrogen-bond acceptors (Lipinski definition) is 7. The highest BCUT2D eigenvalue weighted by molar-refractivity contribution is 7.89. The van der Waals surface area contributed by atoms with Gasteiger partial charge in [0.05, 0.1) is 34.9 Å². The van der Waals surface area contributed by atoms with Crippen LogP contribution < -0.4 is 4.72 Å². The van der Waals surface area contributed by atoms with Crippen LogP contribution in [0.15, 0.2) is 53.4 Å². The van der Waals surface area contributed by atoms with Gasteiger partial charge in [-0.25, -0.2) is 17.5 Å². The highest BCUT2D eigenvalue weighted by Crippen LogP contribution is 2.42. The molecule has 0 aliphatic heterocycles. The van der Waals surface area contributed by atoms with Crippen molar-refractivity contribution in [1.29, 1.82) is 0 Å². The first-order valence-corrected chi connectivity index (χ1v) is 17.1. The molecule has 248 valence electrons. The van der Waals surface area contributed by atoms with Crippen LogP contribution in [0.4, 0.5) is 4.39 Å². The molecule has 1 heterocycles. The van der Waals surface area contributed by atoms with Crippen LogP contribution in [0.1, 0.15) is 67.8 Å². The first-order valence-electron chi connectivity index (χ1n) is 15.6. The third-order valence-corrected chi connectivity index (χ3v) is 9.51. The standard InChI is InChI=1S/C35H44FN3O6S/c1-22(2)34-30(16-14-26(40)19-27(41)20-32(42)43)33(24-9-12-25(36)13-10-24)29-8-5-7-23-11-15-28(21-31(23)35(29)38-34)46(44,45)37-17-6-18-39(3)4/h9-16,21-22,26-27,37,40-41H,5-8,17-20H2,1-4H3,(H,42,43)/t26-,27-/m1/s1. The predicted molar refractivity (Wildman–Crippen MR) is 177 cm³/mol. The molecule has 0 spiro atoms. The van der Waals surface area contributed by atoms with Crippen LogP contribution in [0.3, 0.4) is 0 Å². The third-order valence-electron chi connectivity index (χ3n) is 8.05. The Morgan fingerprint density at radius 2 is 1.83 bits per heavy atom. The van der Waals surface area contributed by atoms with E-state index in [9.17, 15) is 27.8 Å². The Morgan fingerprint density at radius 1 is 1.11 bits per heavy atom. The number of benzene rings is 2. The molecule has 0 bridgehead atoms. The number of carbonyl (C=O) groups is 1. The normalized spacial score (nSPS) is 14.7. The van der Waals surface area contributed by atoms with Gasteiger partial charge in [-0.05, 0) is 98.8 Å². The van der Waals surface area contributed by atoms with Crippen molar-refractivity contribution in [2.24, 2.45) is 0 Å². The van der Waals surface area contributed by atoms with Gasteiger partial charge in [-0.2, -0.15) is 0 Å². The molecule has 2 aromatic carbocycles. The quantitative estimate of drug-likeness (QED) is 0.178. The van der Waals surface area contributed by atoms with Crippen molar-refractivity contribution in [2.75, 3.05) is 27.2 Å². The van der Waals surface area contributed by atoms with E-state index in [1.54, 1.807) is 30.3 Å². The number of carboxylic acids is 1. The topological polar surface area (TPSA) is 140 Å². The maximum atomic E-state index is 14.1.